The van der Waals surface area contributed by atoms with Gasteiger partial charge in [0.15, 0.2) is 0 Å². The smallest absolute Gasteiger partial charge is 0.339 e. The van der Waals surface area contributed by atoms with E-state index in [1.165, 1.54) is 12.1 Å². The maximum absolute atomic E-state index is 13.2. The van der Waals surface area contributed by atoms with E-state index in [0.717, 1.165) is 6.07 Å². The molecule has 0 unspecified atom stereocenters. The van der Waals surface area contributed by atoms with Crippen molar-refractivity contribution in [3.05, 3.63) is 59.4 Å². The summed E-state index contributed by atoms with van der Waals surface area (Å²) >= 11 is 0. The topological polar surface area (TPSA) is 43.4 Å². The van der Waals surface area contributed by atoms with Gasteiger partial charge in [0.2, 0.25) is 0 Å². The van der Waals surface area contributed by atoms with Crippen LogP contribution in [0.25, 0.3) is 0 Å². The number of benzene rings is 2. The number of rotatable bonds is 3. The molecule has 0 heterocycles. The normalized spacial score (nSPS) is 11.3. The summed E-state index contributed by atoms with van der Waals surface area (Å²) in [7, 11) is -4.03. The predicted octanol–water partition coefficient (Wildman–Crippen LogP) is 3.21. The Hall–Kier alpha value is -1.88. The maximum atomic E-state index is 13.2. The molecule has 0 fully saturated rings. The zero-order chi connectivity index (χ0) is 14.0. The fourth-order valence-electron chi connectivity index (χ4n) is 1.66. The van der Waals surface area contributed by atoms with Gasteiger partial charge in [-0.15, -0.1) is 0 Å². The Bertz CT molecular complexity index is 708. The fourth-order valence-corrected chi connectivity index (χ4v) is 2.89. The van der Waals surface area contributed by atoms with Gasteiger partial charge < -0.3 is 4.18 Å². The van der Waals surface area contributed by atoms with E-state index in [0.29, 0.717) is 11.1 Å². The summed E-state index contributed by atoms with van der Waals surface area (Å²) in [5, 5.41) is 0. The van der Waals surface area contributed by atoms with Crippen LogP contribution in [0, 0.1) is 19.7 Å². The van der Waals surface area contributed by atoms with Crippen molar-refractivity contribution in [1.82, 2.24) is 0 Å². The van der Waals surface area contributed by atoms with Crippen molar-refractivity contribution < 1.29 is 17.0 Å². The molecule has 0 aliphatic rings. The minimum absolute atomic E-state index is 0.157. The highest BCUT2D eigenvalue weighted by molar-refractivity contribution is 7.87. The number of halogens is 1. The van der Waals surface area contributed by atoms with Crippen LogP contribution in [0.4, 0.5) is 4.39 Å². The Labute approximate surface area is 111 Å². The lowest BCUT2D eigenvalue weighted by molar-refractivity contribution is 0.482. The Morgan fingerprint density at radius 3 is 2.37 bits per heavy atom. The van der Waals surface area contributed by atoms with E-state index < -0.39 is 15.9 Å². The molecule has 19 heavy (non-hydrogen) atoms. The fraction of sp³-hybridized carbons (Fsp3) is 0.143. The molecule has 0 aliphatic carbocycles. The average molecular weight is 280 g/mol. The molecule has 2 aromatic carbocycles. The number of para-hydroxylation sites is 1. The van der Waals surface area contributed by atoms with Gasteiger partial charge in [-0.2, -0.15) is 8.42 Å². The van der Waals surface area contributed by atoms with Gasteiger partial charge in [-0.05, 0) is 43.2 Å². The second-order valence-corrected chi connectivity index (χ2v) is 5.73. The monoisotopic (exact) mass is 280 g/mol. The summed E-state index contributed by atoms with van der Waals surface area (Å²) in [5.41, 5.74) is 1.13. The molecule has 0 saturated carbocycles. The first-order valence-electron chi connectivity index (χ1n) is 5.66. The molecule has 0 aromatic heterocycles. The molecular weight excluding hydrogens is 267 g/mol. The number of aryl methyl sites for hydroxylation is 2. The first kappa shape index (κ1) is 13.5. The molecule has 3 nitrogen and oxygen atoms in total. The molecule has 5 heteroatoms. The van der Waals surface area contributed by atoms with Gasteiger partial charge in [0.05, 0.1) is 0 Å². The second-order valence-electron chi connectivity index (χ2n) is 4.21. The van der Waals surface area contributed by atoms with E-state index in [4.69, 9.17) is 4.18 Å². The summed E-state index contributed by atoms with van der Waals surface area (Å²) in [6.45, 7) is 3.33. The molecule has 0 spiro atoms. The van der Waals surface area contributed by atoms with Gasteiger partial charge in [0, 0.05) is 0 Å². The van der Waals surface area contributed by atoms with E-state index in [-0.39, 0.29) is 10.6 Å². The number of hydrogen-bond donors (Lipinski definition) is 0. The summed E-state index contributed by atoms with van der Waals surface area (Å²) < 4.78 is 42.5. The van der Waals surface area contributed by atoms with Crippen molar-refractivity contribution in [3.8, 4) is 5.75 Å². The predicted molar refractivity (Wildman–Crippen MR) is 70.1 cm³/mol. The highest BCUT2D eigenvalue weighted by Crippen LogP contribution is 2.24. The van der Waals surface area contributed by atoms with E-state index in [2.05, 4.69) is 0 Å². The molecule has 0 radical (unpaired) electrons. The van der Waals surface area contributed by atoms with Crippen molar-refractivity contribution in [2.75, 3.05) is 0 Å². The average Bonchev–Trinajstić information content (AvgIpc) is 2.35. The van der Waals surface area contributed by atoms with Crippen molar-refractivity contribution >= 4 is 10.1 Å². The molecule has 0 amide bonds. The third-order valence-corrected chi connectivity index (χ3v) is 4.09. The third kappa shape index (κ3) is 2.93. The van der Waals surface area contributed by atoms with Gasteiger partial charge in [-0.1, -0.05) is 24.3 Å². The van der Waals surface area contributed by atoms with Gasteiger partial charge in [-0.25, -0.2) is 4.39 Å². The molecule has 0 N–H and O–H groups in total. The van der Waals surface area contributed by atoms with Crippen LogP contribution < -0.4 is 4.18 Å². The summed E-state index contributed by atoms with van der Waals surface area (Å²) in [4.78, 5) is -0.157. The van der Waals surface area contributed by atoms with Crippen LogP contribution in [0.2, 0.25) is 0 Å². The molecule has 0 aliphatic heterocycles. The molecule has 100 valence electrons. The van der Waals surface area contributed by atoms with Gasteiger partial charge >= 0.3 is 10.1 Å². The Kier molecular flexibility index (Phi) is 3.57. The van der Waals surface area contributed by atoms with E-state index >= 15 is 0 Å². The minimum atomic E-state index is -4.03. The van der Waals surface area contributed by atoms with Crippen LogP contribution >= 0.6 is 0 Å². The van der Waals surface area contributed by atoms with Gasteiger partial charge in [0.1, 0.15) is 16.5 Å². The van der Waals surface area contributed by atoms with Crippen LogP contribution in [0.1, 0.15) is 11.1 Å². The highest BCUT2D eigenvalue weighted by Gasteiger charge is 2.20. The molecule has 0 saturated heterocycles. The second kappa shape index (κ2) is 5.01. The summed E-state index contributed by atoms with van der Waals surface area (Å²) in [6, 6.07) is 10.3. The lowest BCUT2D eigenvalue weighted by Gasteiger charge is -2.11. The Morgan fingerprint density at radius 2 is 1.68 bits per heavy atom. The molecule has 2 rings (SSSR count). The molecular formula is C14H13FO3S. The van der Waals surface area contributed by atoms with Crippen molar-refractivity contribution in [2.45, 2.75) is 18.7 Å². The van der Waals surface area contributed by atoms with E-state index in [1.54, 1.807) is 38.1 Å². The van der Waals surface area contributed by atoms with Crippen LogP contribution in [0.15, 0.2) is 47.4 Å². The van der Waals surface area contributed by atoms with Crippen LogP contribution in [0.3, 0.4) is 0 Å². The highest BCUT2D eigenvalue weighted by atomic mass is 32.2. The molecule has 2 aromatic rings. The SMILES string of the molecule is Cc1ccccc1OS(=O)(=O)c1cc(F)ccc1C. The lowest BCUT2D eigenvalue weighted by atomic mass is 10.2. The van der Waals surface area contributed by atoms with Gasteiger partial charge in [0.25, 0.3) is 0 Å². The van der Waals surface area contributed by atoms with E-state index in [1.807, 2.05) is 0 Å². The Morgan fingerprint density at radius 1 is 1.00 bits per heavy atom. The quantitative estimate of drug-likeness (QED) is 0.811. The van der Waals surface area contributed by atoms with Crippen molar-refractivity contribution in [2.24, 2.45) is 0 Å². The van der Waals surface area contributed by atoms with Crippen molar-refractivity contribution in [1.29, 1.82) is 0 Å². The minimum Gasteiger partial charge on any atom is -0.379 e. The summed E-state index contributed by atoms with van der Waals surface area (Å²) in [6.07, 6.45) is 0. The largest absolute Gasteiger partial charge is 0.379 e. The third-order valence-electron chi connectivity index (χ3n) is 2.71. The van der Waals surface area contributed by atoms with Crippen LogP contribution in [-0.4, -0.2) is 8.42 Å². The summed E-state index contributed by atoms with van der Waals surface area (Å²) in [5.74, 6) is -0.372. The zero-order valence-electron chi connectivity index (χ0n) is 10.6. The van der Waals surface area contributed by atoms with Gasteiger partial charge in [-0.3, -0.25) is 0 Å². The van der Waals surface area contributed by atoms with E-state index in [9.17, 15) is 12.8 Å². The lowest BCUT2D eigenvalue weighted by Crippen LogP contribution is -2.12. The zero-order valence-corrected chi connectivity index (χ0v) is 11.4. The van der Waals surface area contributed by atoms with Crippen molar-refractivity contribution in [3.63, 3.8) is 0 Å². The Balaban J connectivity index is 2.44. The van der Waals surface area contributed by atoms with Crippen LogP contribution in [-0.2, 0) is 10.1 Å². The molecule has 0 atom stereocenters. The number of hydrogen-bond acceptors (Lipinski definition) is 3. The van der Waals surface area contributed by atoms with Crippen LogP contribution in [0.5, 0.6) is 5.75 Å². The maximum Gasteiger partial charge on any atom is 0.339 e. The first-order chi connectivity index (χ1) is 8.90. The molecule has 0 bridgehead atoms. The standard InChI is InChI=1S/C14H13FO3S/c1-10-5-3-4-6-13(10)18-19(16,17)14-9-12(15)8-7-11(14)2/h3-9H,1-2H3. The first-order valence-corrected chi connectivity index (χ1v) is 7.07.